The number of ether oxygens (including phenoxy) is 1. The summed E-state index contributed by atoms with van der Waals surface area (Å²) in [6, 6.07) is 14.0. The molecule has 2 aromatic carbocycles. The lowest BCUT2D eigenvalue weighted by Gasteiger charge is -2.24. The van der Waals surface area contributed by atoms with Crippen LogP contribution in [0.1, 0.15) is 18.4 Å². The highest BCUT2D eigenvalue weighted by Gasteiger charge is 2.34. The van der Waals surface area contributed by atoms with E-state index in [4.69, 9.17) is 4.74 Å². The van der Waals surface area contributed by atoms with Gasteiger partial charge in [-0.15, -0.1) is 0 Å². The quantitative estimate of drug-likeness (QED) is 0.639. The molecule has 1 aromatic heterocycles. The van der Waals surface area contributed by atoms with Gasteiger partial charge in [0.1, 0.15) is 11.8 Å². The third kappa shape index (κ3) is 5.03. The van der Waals surface area contributed by atoms with Crippen LogP contribution in [-0.2, 0) is 11.3 Å². The molecule has 1 aliphatic rings. The molecule has 1 aliphatic heterocycles. The number of likely N-dealkylation sites (tertiary alicyclic amines) is 1. The van der Waals surface area contributed by atoms with E-state index >= 15 is 0 Å². The maximum absolute atomic E-state index is 12.9. The van der Waals surface area contributed by atoms with E-state index < -0.39 is 6.04 Å². The zero-order valence-electron chi connectivity index (χ0n) is 17.3. The van der Waals surface area contributed by atoms with Gasteiger partial charge in [0.15, 0.2) is 0 Å². The van der Waals surface area contributed by atoms with Crippen molar-refractivity contribution in [3.63, 3.8) is 0 Å². The van der Waals surface area contributed by atoms with Crippen LogP contribution >= 0.6 is 0 Å². The number of aromatic nitrogens is 2. The minimum Gasteiger partial charge on any atom is -0.497 e. The van der Waals surface area contributed by atoms with Crippen LogP contribution in [0.2, 0.25) is 0 Å². The van der Waals surface area contributed by atoms with E-state index in [1.807, 2.05) is 35.0 Å². The minimum absolute atomic E-state index is 0.188. The van der Waals surface area contributed by atoms with Gasteiger partial charge in [0.25, 0.3) is 0 Å². The zero-order valence-corrected chi connectivity index (χ0v) is 17.3. The number of nitrogens with zero attached hydrogens (tertiary/aromatic N) is 3. The summed E-state index contributed by atoms with van der Waals surface area (Å²) < 4.78 is 7.10. The Morgan fingerprint density at radius 3 is 2.71 bits per heavy atom. The molecule has 160 valence electrons. The number of methoxy groups -OCH3 is 1. The van der Waals surface area contributed by atoms with Crippen LogP contribution in [0, 0.1) is 0 Å². The van der Waals surface area contributed by atoms with Crippen molar-refractivity contribution in [3.05, 3.63) is 72.8 Å². The molecule has 0 radical (unpaired) electrons. The Balaban J connectivity index is 1.38. The van der Waals surface area contributed by atoms with Crippen molar-refractivity contribution in [2.45, 2.75) is 25.4 Å². The predicted molar refractivity (Wildman–Crippen MR) is 118 cm³/mol. The molecule has 8 nitrogen and oxygen atoms in total. The molecule has 8 heteroatoms. The molecule has 3 aromatic rings. The molecule has 1 fully saturated rings. The Bertz CT molecular complexity index is 1030. The number of nitrogens with one attached hydrogen (secondary N) is 2. The predicted octanol–water partition coefficient (Wildman–Crippen LogP) is 3.58. The molecular formula is C23H25N5O3. The Kier molecular flexibility index (Phi) is 6.16. The van der Waals surface area contributed by atoms with Gasteiger partial charge in [-0.3, -0.25) is 4.79 Å². The lowest BCUT2D eigenvalue weighted by molar-refractivity contribution is -0.119. The van der Waals surface area contributed by atoms with Crippen molar-refractivity contribution in [3.8, 4) is 5.75 Å². The first kappa shape index (κ1) is 20.5. The average Bonchev–Trinajstić information content (AvgIpc) is 3.47. The summed E-state index contributed by atoms with van der Waals surface area (Å²) in [6.07, 6.45) is 6.80. The topological polar surface area (TPSA) is 88.5 Å². The highest BCUT2D eigenvalue weighted by Crippen LogP contribution is 2.22. The van der Waals surface area contributed by atoms with Crippen molar-refractivity contribution >= 4 is 23.3 Å². The molecule has 2 N–H and O–H groups in total. The lowest BCUT2D eigenvalue weighted by Crippen LogP contribution is -2.45. The van der Waals surface area contributed by atoms with E-state index in [1.165, 1.54) is 0 Å². The molecule has 0 saturated carbocycles. The molecular weight excluding hydrogens is 394 g/mol. The highest BCUT2D eigenvalue weighted by atomic mass is 16.5. The van der Waals surface area contributed by atoms with Crippen LogP contribution in [0.25, 0.3) is 0 Å². The summed E-state index contributed by atoms with van der Waals surface area (Å²) in [5.74, 6) is 0.529. The third-order valence-electron chi connectivity index (χ3n) is 5.28. The van der Waals surface area contributed by atoms with Gasteiger partial charge < -0.3 is 24.8 Å². The summed E-state index contributed by atoms with van der Waals surface area (Å²) in [6.45, 7) is 1.21. The molecule has 0 spiro atoms. The van der Waals surface area contributed by atoms with Gasteiger partial charge in [0.2, 0.25) is 5.91 Å². The van der Waals surface area contributed by atoms with Gasteiger partial charge in [-0.25, -0.2) is 9.78 Å². The maximum atomic E-state index is 12.9. The Morgan fingerprint density at radius 2 is 1.97 bits per heavy atom. The summed E-state index contributed by atoms with van der Waals surface area (Å²) in [4.78, 5) is 31.3. The van der Waals surface area contributed by atoms with E-state index in [2.05, 4.69) is 15.6 Å². The minimum atomic E-state index is -0.503. The fourth-order valence-corrected chi connectivity index (χ4v) is 3.72. The first-order valence-electron chi connectivity index (χ1n) is 10.2. The van der Waals surface area contributed by atoms with Gasteiger partial charge in [-0.2, -0.15) is 0 Å². The zero-order chi connectivity index (χ0) is 21.6. The number of hydrogen-bond donors (Lipinski definition) is 2. The fraction of sp³-hybridized carbons (Fsp3) is 0.261. The second kappa shape index (κ2) is 9.34. The van der Waals surface area contributed by atoms with Crippen molar-refractivity contribution in [2.75, 3.05) is 24.3 Å². The summed E-state index contributed by atoms with van der Waals surface area (Å²) in [7, 11) is 1.59. The van der Waals surface area contributed by atoms with E-state index in [9.17, 15) is 9.59 Å². The van der Waals surface area contributed by atoms with E-state index in [0.717, 1.165) is 17.7 Å². The largest absolute Gasteiger partial charge is 0.497 e. The third-order valence-corrected chi connectivity index (χ3v) is 5.28. The Labute approximate surface area is 180 Å². The molecule has 3 amide bonds. The second-order valence-electron chi connectivity index (χ2n) is 7.43. The second-order valence-corrected chi connectivity index (χ2v) is 7.43. The number of carbonyl (C=O) groups excluding carboxylic acids is 2. The normalized spacial score (nSPS) is 15.5. The molecule has 0 bridgehead atoms. The van der Waals surface area contributed by atoms with Crippen LogP contribution in [0.15, 0.2) is 67.3 Å². The molecule has 4 rings (SSSR count). The number of benzene rings is 2. The van der Waals surface area contributed by atoms with Crippen molar-refractivity contribution in [2.24, 2.45) is 0 Å². The van der Waals surface area contributed by atoms with Gasteiger partial charge in [0.05, 0.1) is 13.4 Å². The van der Waals surface area contributed by atoms with Crippen molar-refractivity contribution in [1.82, 2.24) is 14.5 Å². The maximum Gasteiger partial charge on any atom is 0.322 e. The molecule has 0 aliphatic carbocycles. The van der Waals surface area contributed by atoms with Gasteiger partial charge in [-0.05, 0) is 54.8 Å². The van der Waals surface area contributed by atoms with Crippen molar-refractivity contribution < 1.29 is 14.3 Å². The van der Waals surface area contributed by atoms with Crippen LogP contribution < -0.4 is 15.4 Å². The van der Waals surface area contributed by atoms with Crippen LogP contribution in [0.4, 0.5) is 16.2 Å². The Morgan fingerprint density at radius 1 is 1.13 bits per heavy atom. The summed E-state index contributed by atoms with van der Waals surface area (Å²) in [5, 5.41) is 5.83. The number of urea groups is 1. The van der Waals surface area contributed by atoms with Gasteiger partial charge in [-0.1, -0.05) is 12.1 Å². The van der Waals surface area contributed by atoms with E-state index in [0.29, 0.717) is 30.9 Å². The first-order chi connectivity index (χ1) is 15.1. The van der Waals surface area contributed by atoms with Gasteiger partial charge >= 0.3 is 6.03 Å². The monoisotopic (exact) mass is 419 g/mol. The standard InChI is InChI=1S/C23H25N5O3/c1-31-20-9-7-18(8-10-20)25-22(29)21-6-3-12-28(21)23(30)26-19-5-2-4-17(14-19)15-27-13-11-24-16-27/h2,4-5,7-11,13-14,16,21H,3,6,12,15H2,1H3,(H,25,29)(H,26,30)/t21-/m0/s1. The summed E-state index contributed by atoms with van der Waals surface area (Å²) >= 11 is 0. The Hall–Kier alpha value is -3.81. The highest BCUT2D eigenvalue weighted by molar-refractivity contribution is 5.99. The van der Waals surface area contributed by atoms with Crippen LogP contribution in [-0.4, -0.2) is 46.1 Å². The molecule has 0 unspecified atom stereocenters. The molecule has 31 heavy (non-hydrogen) atoms. The lowest BCUT2D eigenvalue weighted by atomic mass is 10.2. The molecule has 1 atom stereocenters. The van der Waals surface area contributed by atoms with E-state index in [-0.39, 0.29) is 11.9 Å². The average molecular weight is 419 g/mol. The number of amides is 3. The molecule has 2 heterocycles. The van der Waals surface area contributed by atoms with Crippen LogP contribution in [0.3, 0.4) is 0 Å². The summed E-state index contributed by atoms with van der Waals surface area (Å²) in [5.41, 5.74) is 2.42. The molecule has 1 saturated heterocycles. The van der Waals surface area contributed by atoms with Crippen LogP contribution in [0.5, 0.6) is 5.75 Å². The number of carbonyl (C=O) groups is 2. The first-order valence-corrected chi connectivity index (χ1v) is 10.2. The number of rotatable bonds is 6. The SMILES string of the molecule is COc1ccc(NC(=O)[C@@H]2CCCN2C(=O)Nc2cccc(Cn3ccnc3)c2)cc1. The number of imidazole rings is 1. The number of anilines is 2. The van der Waals surface area contributed by atoms with Gasteiger partial charge in [0, 0.05) is 36.9 Å². The number of hydrogen-bond acceptors (Lipinski definition) is 4. The van der Waals surface area contributed by atoms with Crippen molar-refractivity contribution in [1.29, 1.82) is 0 Å². The van der Waals surface area contributed by atoms with E-state index in [1.54, 1.807) is 48.8 Å². The smallest absolute Gasteiger partial charge is 0.322 e. The fourth-order valence-electron chi connectivity index (χ4n) is 3.72.